The highest BCUT2D eigenvalue weighted by Gasteiger charge is 2.27. The van der Waals surface area contributed by atoms with Gasteiger partial charge in [-0.05, 0) is 12.1 Å². The van der Waals surface area contributed by atoms with Crippen molar-refractivity contribution in [2.24, 2.45) is 0 Å². The number of carbonyl (C=O) groups excluding carboxylic acids is 2. The molecule has 0 radical (unpaired) electrons. The highest BCUT2D eigenvalue weighted by Crippen LogP contribution is 2.20. The first-order valence-corrected chi connectivity index (χ1v) is 3.50. The molecule has 1 aromatic carbocycles. The molecule has 2 rings (SSSR count). The number of amides is 2. The standard InChI is InChI=1S/C9H6NO2/c1-10-8(11)6-4-2-3-5-7(6)9(10)12/h2-5H,1H2/q-1. The summed E-state index contributed by atoms with van der Waals surface area (Å²) >= 11 is 0. The van der Waals surface area contributed by atoms with Crippen LogP contribution in [0, 0.1) is 7.05 Å². The minimum Gasteiger partial charge on any atom is -0.430 e. The molecular formula is C9H6NO2-. The monoisotopic (exact) mass is 160 g/mol. The third-order valence-electron chi connectivity index (χ3n) is 1.88. The van der Waals surface area contributed by atoms with Crippen molar-refractivity contribution in [3.8, 4) is 0 Å². The average Bonchev–Trinajstić information content (AvgIpc) is 2.33. The van der Waals surface area contributed by atoms with Crippen molar-refractivity contribution in [2.45, 2.75) is 0 Å². The van der Waals surface area contributed by atoms with E-state index in [4.69, 9.17) is 0 Å². The van der Waals surface area contributed by atoms with Gasteiger partial charge in [0, 0.05) is 11.1 Å². The summed E-state index contributed by atoms with van der Waals surface area (Å²) in [6.45, 7) is 0. The van der Waals surface area contributed by atoms with Crippen molar-refractivity contribution in [1.29, 1.82) is 0 Å². The summed E-state index contributed by atoms with van der Waals surface area (Å²) in [4.78, 5) is 23.4. The number of fused-ring (bicyclic) bond motifs is 1. The van der Waals surface area contributed by atoms with Gasteiger partial charge >= 0.3 is 0 Å². The van der Waals surface area contributed by atoms with Gasteiger partial charge in [0.1, 0.15) is 0 Å². The molecule has 2 amide bonds. The Morgan fingerprint density at radius 1 is 1.00 bits per heavy atom. The van der Waals surface area contributed by atoms with Crippen LogP contribution in [0.3, 0.4) is 0 Å². The third-order valence-corrected chi connectivity index (χ3v) is 1.88. The normalized spacial score (nSPS) is 15.2. The first-order valence-electron chi connectivity index (χ1n) is 3.50. The molecule has 0 atom stereocenters. The Morgan fingerprint density at radius 2 is 1.42 bits per heavy atom. The molecule has 60 valence electrons. The maximum Gasteiger partial charge on any atom is 0.231 e. The fraction of sp³-hybridized carbons (Fsp3) is 0. The second-order valence-electron chi connectivity index (χ2n) is 2.58. The molecule has 1 heterocycles. The van der Waals surface area contributed by atoms with Crippen molar-refractivity contribution in [2.75, 3.05) is 0 Å². The van der Waals surface area contributed by atoms with Crippen LogP contribution in [0.1, 0.15) is 20.7 Å². The van der Waals surface area contributed by atoms with Gasteiger partial charge in [0.25, 0.3) is 0 Å². The Labute approximate surface area is 69.6 Å². The lowest BCUT2D eigenvalue weighted by Gasteiger charge is -2.13. The Kier molecular flexibility index (Phi) is 1.27. The lowest BCUT2D eigenvalue weighted by molar-refractivity contribution is 0.0717. The van der Waals surface area contributed by atoms with E-state index in [0.717, 1.165) is 4.90 Å². The van der Waals surface area contributed by atoms with Gasteiger partial charge in [-0.25, -0.2) is 7.05 Å². The lowest BCUT2D eigenvalue weighted by Crippen LogP contribution is -2.21. The van der Waals surface area contributed by atoms with Gasteiger partial charge in [-0.3, -0.25) is 9.59 Å². The Hall–Kier alpha value is -1.64. The summed E-state index contributed by atoms with van der Waals surface area (Å²) in [6.07, 6.45) is 0. The molecule has 0 aromatic heterocycles. The highest BCUT2D eigenvalue weighted by atomic mass is 16.2. The molecule has 0 unspecified atom stereocenters. The smallest absolute Gasteiger partial charge is 0.231 e. The van der Waals surface area contributed by atoms with Crippen molar-refractivity contribution in [3.63, 3.8) is 0 Å². The minimum atomic E-state index is -0.324. The van der Waals surface area contributed by atoms with Gasteiger partial charge in [-0.15, -0.1) is 0 Å². The van der Waals surface area contributed by atoms with E-state index >= 15 is 0 Å². The average molecular weight is 160 g/mol. The number of nitrogens with zero attached hydrogens (tertiary/aromatic N) is 1. The van der Waals surface area contributed by atoms with Crippen molar-refractivity contribution < 1.29 is 9.59 Å². The molecule has 1 aliphatic heterocycles. The lowest BCUT2D eigenvalue weighted by atomic mass is 10.1. The molecule has 0 saturated carbocycles. The summed E-state index contributed by atoms with van der Waals surface area (Å²) < 4.78 is 0. The summed E-state index contributed by atoms with van der Waals surface area (Å²) in [6, 6.07) is 6.70. The van der Waals surface area contributed by atoms with Crippen molar-refractivity contribution >= 4 is 11.8 Å². The van der Waals surface area contributed by atoms with E-state index in [-0.39, 0.29) is 11.8 Å². The number of hydrogen-bond acceptors (Lipinski definition) is 2. The molecule has 0 fully saturated rings. The zero-order valence-corrected chi connectivity index (χ0v) is 6.28. The minimum absolute atomic E-state index is 0.324. The molecule has 0 spiro atoms. The summed E-state index contributed by atoms with van der Waals surface area (Å²) in [5.41, 5.74) is 0.884. The van der Waals surface area contributed by atoms with Crippen LogP contribution >= 0.6 is 0 Å². The topological polar surface area (TPSA) is 37.4 Å². The predicted molar refractivity (Wildman–Crippen MR) is 42.3 cm³/mol. The second kappa shape index (κ2) is 2.17. The fourth-order valence-corrected chi connectivity index (χ4v) is 1.24. The van der Waals surface area contributed by atoms with Gasteiger partial charge in [-0.1, -0.05) is 12.1 Å². The molecule has 0 bridgehead atoms. The van der Waals surface area contributed by atoms with Gasteiger partial charge in [0.2, 0.25) is 11.8 Å². The summed E-state index contributed by atoms with van der Waals surface area (Å²) in [5, 5.41) is 0. The molecule has 3 nitrogen and oxygen atoms in total. The van der Waals surface area contributed by atoms with E-state index in [1.165, 1.54) is 0 Å². The number of carbonyl (C=O) groups is 2. The van der Waals surface area contributed by atoms with Crippen LogP contribution in [0.2, 0.25) is 0 Å². The van der Waals surface area contributed by atoms with Crippen molar-refractivity contribution in [1.82, 2.24) is 4.90 Å². The maximum atomic E-state index is 11.2. The molecule has 0 N–H and O–H groups in total. The molecule has 1 aliphatic rings. The van der Waals surface area contributed by atoms with E-state index in [2.05, 4.69) is 7.05 Å². The van der Waals surface area contributed by atoms with Crippen molar-refractivity contribution in [3.05, 3.63) is 42.4 Å². The molecule has 0 aliphatic carbocycles. The zero-order chi connectivity index (χ0) is 8.72. The molecule has 12 heavy (non-hydrogen) atoms. The molecule has 1 aromatic rings. The van der Waals surface area contributed by atoms with Crippen LogP contribution in [-0.4, -0.2) is 16.7 Å². The van der Waals surface area contributed by atoms with Crippen LogP contribution in [0.5, 0.6) is 0 Å². The third kappa shape index (κ3) is 0.704. The van der Waals surface area contributed by atoms with Crippen LogP contribution in [0.15, 0.2) is 24.3 Å². The quantitative estimate of drug-likeness (QED) is 0.420. The van der Waals surface area contributed by atoms with Crippen LogP contribution in [0.25, 0.3) is 0 Å². The highest BCUT2D eigenvalue weighted by molar-refractivity contribution is 6.21. The van der Waals surface area contributed by atoms with Gasteiger partial charge in [0.05, 0.1) is 0 Å². The first kappa shape index (κ1) is 7.03. The number of imide groups is 1. The van der Waals surface area contributed by atoms with E-state index < -0.39 is 0 Å². The SMILES string of the molecule is [CH2-]N1C(=O)c2ccccc2C1=O. The number of benzene rings is 1. The molecular weight excluding hydrogens is 154 g/mol. The second-order valence-corrected chi connectivity index (χ2v) is 2.58. The number of hydrogen-bond donors (Lipinski definition) is 0. The van der Waals surface area contributed by atoms with E-state index in [1.807, 2.05) is 0 Å². The number of rotatable bonds is 0. The Bertz CT molecular complexity index is 336. The van der Waals surface area contributed by atoms with E-state index in [1.54, 1.807) is 24.3 Å². The molecule has 3 heteroatoms. The predicted octanol–water partition coefficient (Wildman–Crippen LogP) is 1.07. The van der Waals surface area contributed by atoms with Crippen LogP contribution < -0.4 is 0 Å². The van der Waals surface area contributed by atoms with E-state index in [0.29, 0.717) is 11.1 Å². The first-order chi connectivity index (χ1) is 5.72. The molecule has 0 saturated heterocycles. The Morgan fingerprint density at radius 3 is 1.83 bits per heavy atom. The summed E-state index contributed by atoms with van der Waals surface area (Å²) in [5.74, 6) is -0.647. The van der Waals surface area contributed by atoms with Gasteiger partial charge in [-0.2, -0.15) is 0 Å². The fourth-order valence-electron chi connectivity index (χ4n) is 1.24. The van der Waals surface area contributed by atoms with E-state index in [9.17, 15) is 9.59 Å². The zero-order valence-electron chi connectivity index (χ0n) is 6.28. The van der Waals surface area contributed by atoms with Gasteiger partial charge < -0.3 is 4.90 Å². The Balaban J connectivity index is 2.67. The largest absolute Gasteiger partial charge is 0.430 e. The van der Waals surface area contributed by atoms with Crippen LogP contribution in [-0.2, 0) is 0 Å². The van der Waals surface area contributed by atoms with Gasteiger partial charge in [0.15, 0.2) is 0 Å². The summed E-state index contributed by atoms with van der Waals surface area (Å²) in [7, 11) is 3.35. The van der Waals surface area contributed by atoms with Crippen LogP contribution in [0.4, 0.5) is 0 Å². The maximum absolute atomic E-state index is 11.2.